The molecule has 0 aliphatic heterocycles. The Morgan fingerprint density at radius 3 is 2.70 bits per heavy atom. The number of halogens is 1. The number of nitrogens with one attached hydrogen (secondary N) is 1. The van der Waals surface area contributed by atoms with E-state index < -0.39 is 10.0 Å². The smallest absolute Gasteiger partial charge is 0.241 e. The minimum atomic E-state index is -3.57. The van der Waals surface area contributed by atoms with Crippen molar-refractivity contribution < 1.29 is 13.5 Å². The van der Waals surface area contributed by atoms with Crippen LogP contribution < -0.4 is 4.72 Å². The molecule has 2 aromatic rings. The normalized spacial score (nSPS) is 32.9. The highest BCUT2D eigenvalue weighted by Crippen LogP contribution is 2.61. The fourth-order valence-corrected chi connectivity index (χ4v) is 9.07. The van der Waals surface area contributed by atoms with Gasteiger partial charge in [-0.2, -0.15) is 0 Å². The van der Waals surface area contributed by atoms with Gasteiger partial charge in [-0.05, 0) is 113 Å². The van der Waals surface area contributed by atoms with Crippen molar-refractivity contribution in [2.75, 3.05) is 0 Å². The van der Waals surface area contributed by atoms with E-state index in [-0.39, 0.29) is 11.5 Å². The number of hydrogen-bond donors (Lipinski definition) is 2. The van der Waals surface area contributed by atoms with Gasteiger partial charge in [0.25, 0.3) is 0 Å². The highest BCUT2D eigenvalue weighted by molar-refractivity contribution is 9.10. The van der Waals surface area contributed by atoms with Gasteiger partial charge in [0.1, 0.15) is 5.75 Å². The van der Waals surface area contributed by atoms with E-state index in [9.17, 15) is 13.5 Å². The molecule has 0 unspecified atom stereocenters. The molecule has 2 fully saturated rings. The van der Waals surface area contributed by atoms with Crippen LogP contribution in [0, 0.1) is 17.3 Å². The summed E-state index contributed by atoms with van der Waals surface area (Å²) in [5.41, 5.74) is 2.69. The van der Waals surface area contributed by atoms with Crippen LogP contribution in [0.3, 0.4) is 0 Å². The van der Waals surface area contributed by atoms with Crippen molar-refractivity contribution in [3.63, 3.8) is 0 Å². The van der Waals surface area contributed by atoms with Gasteiger partial charge in [-0.25, -0.2) is 13.1 Å². The maximum atomic E-state index is 13.1. The van der Waals surface area contributed by atoms with E-state index in [2.05, 4.69) is 33.6 Å². The van der Waals surface area contributed by atoms with E-state index in [1.54, 1.807) is 18.2 Å². The fraction of sp³-hybridized carbons (Fsp3) is 0.500. The zero-order valence-corrected chi connectivity index (χ0v) is 19.5. The van der Waals surface area contributed by atoms with Crippen molar-refractivity contribution in [1.82, 2.24) is 4.72 Å². The van der Waals surface area contributed by atoms with Crippen LogP contribution in [-0.2, 0) is 16.4 Å². The maximum Gasteiger partial charge on any atom is 0.241 e. The first-order chi connectivity index (χ1) is 14.3. The molecule has 2 N–H and O–H groups in total. The molecule has 0 bridgehead atoms. The topological polar surface area (TPSA) is 66.4 Å². The summed E-state index contributed by atoms with van der Waals surface area (Å²) in [4.78, 5) is 0.317. The average Bonchev–Trinajstić information content (AvgIpc) is 3.03. The molecule has 2 saturated carbocycles. The van der Waals surface area contributed by atoms with Gasteiger partial charge < -0.3 is 5.11 Å². The minimum absolute atomic E-state index is 0.0100. The number of phenolic OH excluding ortho intramolecular Hbond substituents is 1. The van der Waals surface area contributed by atoms with Crippen LogP contribution >= 0.6 is 15.9 Å². The summed E-state index contributed by atoms with van der Waals surface area (Å²) in [6, 6.07) is 12.9. The molecule has 5 rings (SSSR count). The summed E-state index contributed by atoms with van der Waals surface area (Å²) in [6.07, 6.45) is 6.23. The second-order valence-electron chi connectivity index (χ2n) is 9.52. The number of fused-ring (bicyclic) bond motifs is 5. The molecule has 0 aromatic heterocycles. The first-order valence-electron chi connectivity index (χ1n) is 10.9. The van der Waals surface area contributed by atoms with E-state index >= 15 is 0 Å². The van der Waals surface area contributed by atoms with E-state index in [0.717, 1.165) is 38.5 Å². The molecule has 30 heavy (non-hydrogen) atoms. The quantitative estimate of drug-likeness (QED) is 0.609. The van der Waals surface area contributed by atoms with Gasteiger partial charge in [0, 0.05) is 10.5 Å². The van der Waals surface area contributed by atoms with E-state index in [1.807, 2.05) is 18.2 Å². The molecule has 2 aromatic carbocycles. The molecule has 160 valence electrons. The Balaban J connectivity index is 1.41. The van der Waals surface area contributed by atoms with Crippen molar-refractivity contribution >= 4 is 26.0 Å². The van der Waals surface area contributed by atoms with Gasteiger partial charge in [0.15, 0.2) is 0 Å². The van der Waals surface area contributed by atoms with Crippen molar-refractivity contribution in [2.24, 2.45) is 17.3 Å². The van der Waals surface area contributed by atoms with Crippen LogP contribution in [-0.4, -0.2) is 19.6 Å². The van der Waals surface area contributed by atoms with Crippen molar-refractivity contribution in [1.29, 1.82) is 0 Å². The lowest BCUT2D eigenvalue weighted by Crippen LogP contribution is -2.50. The lowest BCUT2D eigenvalue weighted by atomic mass is 9.55. The molecule has 4 nitrogen and oxygen atoms in total. The highest BCUT2D eigenvalue weighted by atomic mass is 79.9. The van der Waals surface area contributed by atoms with Gasteiger partial charge in [-0.15, -0.1) is 0 Å². The molecule has 0 saturated heterocycles. The predicted molar refractivity (Wildman–Crippen MR) is 121 cm³/mol. The summed E-state index contributed by atoms with van der Waals surface area (Å²) < 4.78 is 30.0. The van der Waals surface area contributed by atoms with E-state index in [4.69, 9.17) is 0 Å². The molecular weight excluding hydrogens is 462 g/mol. The molecule has 0 radical (unpaired) electrons. The van der Waals surface area contributed by atoms with E-state index in [1.165, 1.54) is 11.1 Å². The number of hydrogen-bond acceptors (Lipinski definition) is 3. The summed E-state index contributed by atoms with van der Waals surface area (Å²) in [5.74, 6) is 2.02. The summed E-state index contributed by atoms with van der Waals surface area (Å²) >= 11 is 3.39. The Labute approximate surface area is 187 Å². The summed E-state index contributed by atoms with van der Waals surface area (Å²) in [7, 11) is -3.57. The van der Waals surface area contributed by atoms with Crippen molar-refractivity contribution in [2.45, 2.75) is 62.3 Å². The first-order valence-corrected chi connectivity index (χ1v) is 13.2. The predicted octanol–water partition coefficient (Wildman–Crippen LogP) is 5.36. The monoisotopic (exact) mass is 489 g/mol. The third kappa shape index (κ3) is 3.23. The molecule has 0 amide bonds. The lowest BCUT2D eigenvalue weighted by Gasteiger charge is -2.51. The summed E-state index contributed by atoms with van der Waals surface area (Å²) in [5, 5.41) is 9.86. The molecule has 0 spiro atoms. The van der Waals surface area contributed by atoms with E-state index in [0.29, 0.717) is 32.9 Å². The van der Waals surface area contributed by atoms with Gasteiger partial charge in [-0.1, -0.05) is 25.1 Å². The Kier molecular flexibility index (Phi) is 5.03. The van der Waals surface area contributed by atoms with Crippen LogP contribution in [0.1, 0.15) is 56.1 Å². The zero-order valence-electron chi connectivity index (χ0n) is 17.1. The SMILES string of the molecule is C[C@]12CC[C@@H]3c4ccc(O)cc4CC[C@H]3[C@@H]1CC[C@@H]2NS(=O)(=O)c1ccccc1Br. The number of phenols is 1. The molecule has 3 aliphatic carbocycles. The molecule has 3 aliphatic rings. The second-order valence-corrected chi connectivity index (χ2v) is 12.1. The Morgan fingerprint density at radius 2 is 1.90 bits per heavy atom. The van der Waals surface area contributed by atoms with Crippen LogP contribution in [0.15, 0.2) is 51.8 Å². The van der Waals surface area contributed by atoms with Crippen LogP contribution in [0.2, 0.25) is 0 Å². The van der Waals surface area contributed by atoms with Crippen LogP contribution in [0.25, 0.3) is 0 Å². The third-order valence-electron chi connectivity index (χ3n) is 8.13. The van der Waals surface area contributed by atoms with Gasteiger partial charge in [-0.3, -0.25) is 0 Å². The second kappa shape index (κ2) is 7.35. The Bertz CT molecular complexity index is 1090. The molecule has 5 atom stereocenters. The number of rotatable bonds is 3. The molecular formula is C24H28BrNO3S. The summed E-state index contributed by atoms with van der Waals surface area (Å²) in [6.45, 7) is 2.31. The van der Waals surface area contributed by atoms with Gasteiger partial charge >= 0.3 is 0 Å². The number of aryl methyl sites for hydroxylation is 1. The Morgan fingerprint density at radius 1 is 1.10 bits per heavy atom. The number of sulfonamides is 1. The minimum Gasteiger partial charge on any atom is -0.508 e. The largest absolute Gasteiger partial charge is 0.508 e. The number of benzene rings is 2. The highest BCUT2D eigenvalue weighted by Gasteiger charge is 2.55. The van der Waals surface area contributed by atoms with Crippen molar-refractivity contribution in [3.05, 3.63) is 58.1 Å². The zero-order chi connectivity index (χ0) is 21.1. The lowest BCUT2D eigenvalue weighted by molar-refractivity contribution is 0.0462. The Hall–Kier alpha value is -1.37. The van der Waals surface area contributed by atoms with Crippen molar-refractivity contribution in [3.8, 4) is 5.75 Å². The maximum absolute atomic E-state index is 13.1. The third-order valence-corrected chi connectivity index (χ3v) is 10.6. The van der Waals surface area contributed by atoms with Gasteiger partial charge in [0.2, 0.25) is 10.0 Å². The van der Waals surface area contributed by atoms with Crippen LogP contribution in [0.4, 0.5) is 0 Å². The average molecular weight is 490 g/mol. The standard InChI is InChI=1S/C24H28BrNO3S/c1-24-13-12-18-17-9-7-16(27)14-15(17)6-8-19(18)20(24)10-11-23(24)26-30(28,29)22-5-3-2-4-21(22)25/h2-5,7,9,14,18-20,23,26-27H,6,8,10-13H2,1H3/t18-,19-,20+,23+,24+/m1/s1. The molecule has 0 heterocycles. The molecule has 6 heteroatoms. The van der Waals surface area contributed by atoms with Gasteiger partial charge in [0.05, 0.1) is 4.90 Å². The first kappa shape index (κ1) is 20.5. The van der Waals surface area contributed by atoms with Crippen LogP contribution in [0.5, 0.6) is 5.75 Å². The number of aromatic hydroxyl groups is 1. The fourth-order valence-electron chi connectivity index (χ4n) is 6.68.